The van der Waals surface area contributed by atoms with Gasteiger partial charge in [0, 0.05) is 24.1 Å². The fourth-order valence-electron chi connectivity index (χ4n) is 2.61. The maximum Gasteiger partial charge on any atom is 0.243 e. The zero-order valence-electron chi connectivity index (χ0n) is 15.4. The van der Waals surface area contributed by atoms with Crippen LogP contribution in [0.25, 0.3) is 0 Å². The van der Waals surface area contributed by atoms with Crippen LogP contribution in [0.5, 0.6) is 0 Å². The van der Waals surface area contributed by atoms with Crippen molar-refractivity contribution < 1.29 is 16.8 Å². The molecule has 0 spiro atoms. The van der Waals surface area contributed by atoms with Crippen molar-refractivity contribution >= 4 is 36.0 Å². The van der Waals surface area contributed by atoms with Crippen molar-refractivity contribution in [2.24, 2.45) is 0 Å². The molecule has 0 saturated heterocycles. The molecule has 0 fully saturated rings. The van der Waals surface area contributed by atoms with E-state index in [4.69, 9.17) is 0 Å². The van der Waals surface area contributed by atoms with Crippen molar-refractivity contribution in [2.75, 3.05) is 13.1 Å². The quantitative estimate of drug-likeness (QED) is 0.636. The number of hydrogen-bond acceptors (Lipinski definition) is 4. The zero-order valence-corrected chi connectivity index (χ0v) is 18.7. The summed E-state index contributed by atoms with van der Waals surface area (Å²) in [5.74, 6) is 0. The molecular formula is C18H23BrN2O4S2. The van der Waals surface area contributed by atoms with Crippen molar-refractivity contribution in [2.45, 2.75) is 37.1 Å². The summed E-state index contributed by atoms with van der Waals surface area (Å²) in [6, 6.07) is 11.3. The summed E-state index contributed by atoms with van der Waals surface area (Å²) in [5.41, 5.74) is 1.32. The van der Waals surface area contributed by atoms with Gasteiger partial charge in [-0.05, 0) is 42.3 Å². The van der Waals surface area contributed by atoms with E-state index in [2.05, 4.69) is 20.7 Å². The SMILES string of the molecule is CCN(CC)S(=O)(=O)c1ccc(CNS(=O)(=O)c2cc(Br)ccc2C)cc1. The third-order valence-electron chi connectivity index (χ3n) is 4.17. The first kappa shape index (κ1) is 22.0. The van der Waals surface area contributed by atoms with Crippen molar-refractivity contribution in [3.05, 3.63) is 58.1 Å². The minimum Gasteiger partial charge on any atom is -0.207 e. The molecule has 0 heterocycles. The van der Waals surface area contributed by atoms with Gasteiger partial charge >= 0.3 is 0 Å². The summed E-state index contributed by atoms with van der Waals surface area (Å²) < 4.78 is 54.7. The Hall–Kier alpha value is -1.26. The average Bonchev–Trinajstić information content (AvgIpc) is 2.63. The van der Waals surface area contributed by atoms with Crippen molar-refractivity contribution in [1.29, 1.82) is 0 Å². The highest BCUT2D eigenvalue weighted by Gasteiger charge is 2.21. The van der Waals surface area contributed by atoms with Crippen molar-refractivity contribution in [3.63, 3.8) is 0 Å². The second-order valence-corrected chi connectivity index (χ2v) is 10.6. The van der Waals surface area contributed by atoms with Gasteiger partial charge in [0.1, 0.15) is 0 Å². The van der Waals surface area contributed by atoms with Crippen LogP contribution in [0, 0.1) is 6.92 Å². The lowest BCUT2D eigenvalue weighted by atomic mass is 10.2. The summed E-state index contributed by atoms with van der Waals surface area (Å²) >= 11 is 3.28. The van der Waals surface area contributed by atoms with E-state index < -0.39 is 20.0 Å². The lowest BCUT2D eigenvalue weighted by molar-refractivity contribution is 0.445. The molecule has 0 bridgehead atoms. The van der Waals surface area contributed by atoms with Crippen LogP contribution in [0.4, 0.5) is 0 Å². The van der Waals surface area contributed by atoms with Crippen LogP contribution in [-0.4, -0.2) is 34.2 Å². The fourth-order valence-corrected chi connectivity index (χ4v) is 5.87. The van der Waals surface area contributed by atoms with Gasteiger partial charge in [-0.2, -0.15) is 4.31 Å². The van der Waals surface area contributed by atoms with Crippen LogP contribution in [0.2, 0.25) is 0 Å². The van der Waals surface area contributed by atoms with E-state index in [9.17, 15) is 16.8 Å². The van der Waals surface area contributed by atoms with Crippen LogP contribution < -0.4 is 4.72 Å². The maximum absolute atomic E-state index is 12.5. The van der Waals surface area contributed by atoms with E-state index in [1.807, 2.05) is 0 Å². The first-order valence-electron chi connectivity index (χ1n) is 8.46. The van der Waals surface area contributed by atoms with Crippen LogP contribution >= 0.6 is 15.9 Å². The number of benzene rings is 2. The van der Waals surface area contributed by atoms with Gasteiger partial charge in [-0.15, -0.1) is 0 Å². The molecule has 148 valence electrons. The van der Waals surface area contributed by atoms with Gasteiger partial charge < -0.3 is 0 Å². The Kier molecular flexibility index (Phi) is 7.20. The third-order valence-corrected chi connectivity index (χ3v) is 8.27. The highest BCUT2D eigenvalue weighted by molar-refractivity contribution is 9.10. The smallest absolute Gasteiger partial charge is 0.207 e. The molecule has 27 heavy (non-hydrogen) atoms. The van der Waals surface area contributed by atoms with E-state index in [0.717, 1.165) is 0 Å². The Morgan fingerprint density at radius 1 is 0.963 bits per heavy atom. The first-order valence-corrected chi connectivity index (χ1v) is 12.2. The standard InChI is InChI=1S/C18H23BrN2O4S2/c1-4-21(5-2)27(24,25)17-10-7-15(8-11-17)13-20-26(22,23)18-12-16(19)9-6-14(18)3/h6-12,20H,4-5,13H2,1-3H3. The Labute approximate surface area is 169 Å². The van der Waals surface area contributed by atoms with Crippen molar-refractivity contribution in [1.82, 2.24) is 9.03 Å². The molecule has 9 heteroatoms. The lowest BCUT2D eigenvalue weighted by Gasteiger charge is -2.18. The van der Waals surface area contributed by atoms with Gasteiger partial charge in [0.25, 0.3) is 0 Å². The number of rotatable bonds is 8. The Morgan fingerprint density at radius 3 is 2.11 bits per heavy atom. The summed E-state index contributed by atoms with van der Waals surface area (Å²) in [6.07, 6.45) is 0. The Balaban J connectivity index is 2.17. The predicted octanol–water partition coefficient (Wildman–Crippen LogP) is 3.27. The number of aryl methyl sites for hydroxylation is 1. The molecule has 0 unspecified atom stereocenters. The van der Waals surface area contributed by atoms with Crippen molar-refractivity contribution in [3.8, 4) is 0 Å². The van der Waals surface area contributed by atoms with Gasteiger partial charge in [0.15, 0.2) is 0 Å². The summed E-state index contributed by atoms with van der Waals surface area (Å²) in [5, 5.41) is 0. The van der Waals surface area contributed by atoms with E-state index in [-0.39, 0.29) is 16.3 Å². The second kappa shape index (κ2) is 8.83. The second-order valence-electron chi connectivity index (χ2n) is 5.97. The largest absolute Gasteiger partial charge is 0.243 e. The molecule has 0 saturated carbocycles. The van der Waals surface area contributed by atoms with E-state index in [1.165, 1.54) is 16.4 Å². The molecule has 2 aromatic rings. The lowest BCUT2D eigenvalue weighted by Crippen LogP contribution is -2.30. The fraction of sp³-hybridized carbons (Fsp3) is 0.333. The van der Waals surface area contributed by atoms with E-state index in [1.54, 1.807) is 51.1 Å². The molecule has 0 aliphatic heterocycles. The number of nitrogens with one attached hydrogen (secondary N) is 1. The van der Waals surface area contributed by atoms with Gasteiger partial charge in [-0.1, -0.05) is 48.0 Å². The van der Waals surface area contributed by atoms with Gasteiger partial charge in [-0.3, -0.25) is 0 Å². The van der Waals surface area contributed by atoms with Gasteiger partial charge in [-0.25, -0.2) is 21.6 Å². The van der Waals surface area contributed by atoms with Gasteiger partial charge in [0.05, 0.1) is 9.79 Å². The topological polar surface area (TPSA) is 83.6 Å². The molecule has 0 atom stereocenters. The molecule has 0 aliphatic carbocycles. The molecule has 0 aliphatic rings. The summed E-state index contributed by atoms with van der Waals surface area (Å²) in [6.45, 7) is 6.16. The monoisotopic (exact) mass is 474 g/mol. The minimum atomic E-state index is -3.68. The summed E-state index contributed by atoms with van der Waals surface area (Å²) in [4.78, 5) is 0.401. The molecular weight excluding hydrogens is 452 g/mol. The van der Waals surface area contributed by atoms with Crippen LogP contribution in [0.15, 0.2) is 56.7 Å². The van der Waals surface area contributed by atoms with Crippen LogP contribution in [0.1, 0.15) is 25.0 Å². The van der Waals surface area contributed by atoms with E-state index >= 15 is 0 Å². The first-order chi connectivity index (χ1) is 12.6. The van der Waals surface area contributed by atoms with Gasteiger partial charge in [0.2, 0.25) is 20.0 Å². The Bertz CT molecular complexity index is 1000. The highest BCUT2D eigenvalue weighted by Crippen LogP contribution is 2.21. The maximum atomic E-state index is 12.5. The number of nitrogens with zero attached hydrogens (tertiary/aromatic N) is 1. The summed E-state index contributed by atoms with van der Waals surface area (Å²) in [7, 11) is -7.20. The third kappa shape index (κ3) is 5.17. The minimum absolute atomic E-state index is 0.0693. The van der Waals surface area contributed by atoms with Crippen LogP contribution in [0.3, 0.4) is 0 Å². The molecule has 0 radical (unpaired) electrons. The number of hydrogen-bond donors (Lipinski definition) is 1. The average molecular weight is 475 g/mol. The molecule has 0 amide bonds. The molecule has 6 nitrogen and oxygen atoms in total. The Morgan fingerprint density at radius 2 is 1.56 bits per heavy atom. The molecule has 1 N–H and O–H groups in total. The molecule has 0 aromatic heterocycles. The zero-order chi connectivity index (χ0) is 20.2. The predicted molar refractivity (Wildman–Crippen MR) is 109 cm³/mol. The highest BCUT2D eigenvalue weighted by atomic mass is 79.9. The van der Waals surface area contributed by atoms with E-state index in [0.29, 0.717) is 28.7 Å². The number of sulfonamides is 2. The number of halogens is 1. The molecule has 2 aromatic carbocycles. The normalized spacial score (nSPS) is 12.5. The molecule has 2 rings (SSSR count). The van der Waals surface area contributed by atoms with Crippen LogP contribution in [-0.2, 0) is 26.6 Å².